The SMILES string of the molecule is CN(C)CCN1CCN(C(=O)N2CC(N(C)Cc3ccc(C(F)(F)F)c(F)c3)[C@@H](c3ccc(Cl)c(Cl)c3)C2)CC1. The van der Waals surface area contributed by atoms with Crippen LogP contribution in [0.2, 0.25) is 10.0 Å². The molecule has 0 N–H and O–H groups in total. The van der Waals surface area contributed by atoms with Gasteiger partial charge in [-0.05, 0) is 56.5 Å². The summed E-state index contributed by atoms with van der Waals surface area (Å²) in [6, 6.07) is 8.20. The predicted octanol–water partition coefficient (Wildman–Crippen LogP) is 5.35. The minimum Gasteiger partial charge on any atom is -0.322 e. The van der Waals surface area contributed by atoms with Gasteiger partial charge in [0.1, 0.15) is 5.82 Å². The number of hydrogen-bond acceptors (Lipinski definition) is 4. The number of amides is 2. The van der Waals surface area contributed by atoms with Crippen LogP contribution in [0.25, 0.3) is 0 Å². The molecule has 2 aliphatic heterocycles. The number of carbonyl (C=O) groups excluding carboxylic acids is 1. The number of likely N-dealkylation sites (tertiary alicyclic amines) is 1. The van der Waals surface area contributed by atoms with Crippen LogP contribution in [0.3, 0.4) is 0 Å². The summed E-state index contributed by atoms with van der Waals surface area (Å²) < 4.78 is 53.4. The molecule has 2 fully saturated rings. The van der Waals surface area contributed by atoms with Gasteiger partial charge in [0.15, 0.2) is 0 Å². The Morgan fingerprint density at radius 1 is 0.950 bits per heavy atom. The van der Waals surface area contributed by atoms with Crippen LogP contribution in [-0.4, -0.2) is 110 Å². The molecule has 2 saturated heterocycles. The topological polar surface area (TPSA) is 33.3 Å². The van der Waals surface area contributed by atoms with Crippen LogP contribution >= 0.6 is 23.2 Å². The molecule has 2 atom stereocenters. The number of benzene rings is 2. The molecule has 0 aromatic heterocycles. The largest absolute Gasteiger partial charge is 0.419 e. The third kappa shape index (κ3) is 7.39. The summed E-state index contributed by atoms with van der Waals surface area (Å²) in [6.45, 7) is 5.91. The third-order valence-electron chi connectivity index (χ3n) is 7.77. The van der Waals surface area contributed by atoms with Gasteiger partial charge < -0.3 is 14.7 Å². The highest BCUT2D eigenvalue weighted by Crippen LogP contribution is 2.36. The second-order valence-electron chi connectivity index (χ2n) is 10.9. The van der Waals surface area contributed by atoms with Gasteiger partial charge in [0.2, 0.25) is 0 Å². The quantitative estimate of drug-likeness (QED) is 0.400. The summed E-state index contributed by atoms with van der Waals surface area (Å²) in [5, 5.41) is 0.831. The molecule has 2 aromatic rings. The highest BCUT2D eigenvalue weighted by Gasteiger charge is 2.40. The Labute approximate surface area is 243 Å². The number of alkyl halides is 3. The van der Waals surface area contributed by atoms with Gasteiger partial charge in [-0.2, -0.15) is 13.2 Å². The van der Waals surface area contributed by atoms with Crippen LogP contribution in [0.15, 0.2) is 36.4 Å². The van der Waals surface area contributed by atoms with Gasteiger partial charge in [-0.1, -0.05) is 35.3 Å². The van der Waals surface area contributed by atoms with Crippen molar-refractivity contribution in [1.29, 1.82) is 0 Å². The number of carbonyl (C=O) groups is 1. The number of piperazine rings is 1. The van der Waals surface area contributed by atoms with Crippen molar-refractivity contribution in [3.05, 3.63) is 69.0 Å². The first-order valence-corrected chi connectivity index (χ1v) is 14.0. The number of urea groups is 1. The molecule has 2 aromatic carbocycles. The Morgan fingerprint density at radius 3 is 2.25 bits per heavy atom. The predicted molar refractivity (Wildman–Crippen MR) is 149 cm³/mol. The highest BCUT2D eigenvalue weighted by molar-refractivity contribution is 6.42. The molecule has 0 spiro atoms. The van der Waals surface area contributed by atoms with Gasteiger partial charge in [-0.25, -0.2) is 9.18 Å². The van der Waals surface area contributed by atoms with Crippen molar-refractivity contribution in [3.63, 3.8) is 0 Å². The second-order valence-corrected chi connectivity index (χ2v) is 11.7. The van der Waals surface area contributed by atoms with E-state index in [9.17, 15) is 22.4 Å². The summed E-state index contributed by atoms with van der Waals surface area (Å²) in [7, 11) is 5.92. The lowest BCUT2D eigenvalue weighted by Gasteiger charge is -2.37. The number of likely N-dealkylation sites (N-methyl/N-ethyl adjacent to an activating group) is 2. The zero-order valence-corrected chi connectivity index (χ0v) is 24.4. The first-order chi connectivity index (χ1) is 18.8. The van der Waals surface area contributed by atoms with Crippen molar-refractivity contribution in [2.24, 2.45) is 0 Å². The number of nitrogens with zero attached hydrogens (tertiary/aromatic N) is 5. The maximum atomic E-state index is 14.3. The van der Waals surface area contributed by atoms with E-state index in [2.05, 4.69) is 9.80 Å². The van der Waals surface area contributed by atoms with Gasteiger partial charge in [0.25, 0.3) is 0 Å². The highest BCUT2D eigenvalue weighted by atomic mass is 35.5. The van der Waals surface area contributed by atoms with E-state index in [-0.39, 0.29) is 24.5 Å². The molecule has 6 nitrogen and oxygen atoms in total. The van der Waals surface area contributed by atoms with E-state index in [1.807, 2.05) is 41.9 Å². The van der Waals surface area contributed by atoms with Gasteiger partial charge in [0.05, 0.1) is 15.6 Å². The summed E-state index contributed by atoms with van der Waals surface area (Å²) >= 11 is 12.5. The number of rotatable bonds is 7. The first-order valence-electron chi connectivity index (χ1n) is 13.2. The van der Waals surface area contributed by atoms with E-state index >= 15 is 0 Å². The zero-order chi connectivity index (χ0) is 29.2. The molecule has 0 aliphatic carbocycles. The Kier molecular flexibility index (Phi) is 9.88. The summed E-state index contributed by atoms with van der Waals surface area (Å²) in [5.74, 6) is -1.42. The average Bonchev–Trinajstić information content (AvgIpc) is 3.34. The fourth-order valence-electron chi connectivity index (χ4n) is 5.46. The van der Waals surface area contributed by atoms with E-state index in [0.29, 0.717) is 41.8 Å². The van der Waals surface area contributed by atoms with Crippen LogP contribution < -0.4 is 0 Å². The monoisotopic (exact) mass is 603 g/mol. The Morgan fingerprint density at radius 2 is 1.65 bits per heavy atom. The summed E-state index contributed by atoms with van der Waals surface area (Å²) in [6.07, 6.45) is -4.75. The maximum Gasteiger partial charge on any atom is 0.419 e. The van der Waals surface area contributed by atoms with Crippen molar-refractivity contribution < 1.29 is 22.4 Å². The molecule has 2 aliphatic rings. The van der Waals surface area contributed by atoms with Crippen molar-refractivity contribution in [1.82, 2.24) is 24.5 Å². The first kappa shape index (κ1) is 30.8. The van der Waals surface area contributed by atoms with Gasteiger partial charge in [0, 0.05) is 70.9 Å². The molecule has 0 radical (unpaired) electrons. The molecule has 2 amide bonds. The molecule has 40 heavy (non-hydrogen) atoms. The summed E-state index contributed by atoms with van der Waals surface area (Å²) in [4.78, 5) is 23.7. The van der Waals surface area contributed by atoms with E-state index < -0.39 is 17.6 Å². The van der Waals surface area contributed by atoms with Crippen LogP contribution in [0.4, 0.5) is 22.4 Å². The lowest BCUT2D eigenvalue weighted by molar-refractivity contribution is -0.140. The molecular formula is C28H35Cl2F4N5O. The van der Waals surface area contributed by atoms with Gasteiger partial charge >= 0.3 is 12.2 Å². The normalized spacial score (nSPS) is 20.7. The van der Waals surface area contributed by atoms with Crippen LogP contribution in [0.5, 0.6) is 0 Å². The van der Waals surface area contributed by atoms with E-state index in [0.717, 1.165) is 43.9 Å². The fraction of sp³-hybridized carbons (Fsp3) is 0.536. The number of hydrogen-bond donors (Lipinski definition) is 0. The molecule has 0 saturated carbocycles. The van der Waals surface area contributed by atoms with Crippen molar-refractivity contribution in [2.75, 3.05) is 73.5 Å². The molecule has 220 valence electrons. The summed E-state index contributed by atoms with van der Waals surface area (Å²) in [5.41, 5.74) is 0.0419. The van der Waals surface area contributed by atoms with E-state index in [1.165, 1.54) is 6.07 Å². The van der Waals surface area contributed by atoms with Gasteiger partial charge in [-0.15, -0.1) is 0 Å². The van der Waals surface area contributed by atoms with E-state index in [4.69, 9.17) is 23.2 Å². The minimum atomic E-state index is -4.75. The average molecular weight is 605 g/mol. The van der Waals surface area contributed by atoms with Gasteiger partial charge in [-0.3, -0.25) is 9.80 Å². The lowest BCUT2D eigenvalue weighted by Crippen LogP contribution is -2.53. The van der Waals surface area contributed by atoms with Crippen molar-refractivity contribution in [2.45, 2.75) is 24.7 Å². The Balaban J connectivity index is 1.49. The minimum absolute atomic E-state index is 0.0335. The smallest absolute Gasteiger partial charge is 0.322 e. The molecule has 0 bridgehead atoms. The van der Waals surface area contributed by atoms with Crippen LogP contribution in [0.1, 0.15) is 22.6 Å². The van der Waals surface area contributed by atoms with Crippen LogP contribution in [0, 0.1) is 5.82 Å². The Hall–Kier alpha value is -2.11. The second kappa shape index (κ2) is 12.8. The third-order valence-corrected chi connectivity index (χ3v) is 8.51. The maximum absolute atomic E-state index is 14.3. The fourth-order valence-corrected chi connectivity index (χ4v) is 5.76. The molecule has 2 heterocycles. The van der Waals surface area contributed by atoms with Crippen molar-refractivity contribution in [3.8, 4) is 0 Å². The van der Waals surface area contributed by atoms with E-state index in [1.54, 1.807) is 12.1 Å². The van der Waals surface area contributed by atoms with Crippen LogP contribution in [-0.2, 0) is 12.7 Å². The number of halogens is 6. The lowest BCUT2D eigenvalue weighted by atomic mass is 9.93. The molecule has 1 unspecified atom stereocenters. The standard InChI is InChI=1S/C28H35Cl2F4N5O/c1-35(2)8-9-37-10-12-38(13-11-37)27(40)39-17-21(20-5-7-23(29)24(30)15-20)26(18-39)36(3)16-19-4-6-22(25(31)14-19)28(32,33)34/h4-7,14-15,21,26H,8-13,16-18H2,1-3H3/t21-,26?/m1/s1. The molecular weight excluding hydrogens is 569 g/mol. The van der Waals surface area contributed by atoms with Crippen molar-refractivity contribution >= 4 is 29.2 Å². The Bertz CT molecular complexity index is 1190. The molecule has 12 heteroatoms. The molecule has 4 rings (SSSR count). The zero-order valence-electron chi connectivity index (χ0n) is 22.9.